The molecule has 0 saturated heterocycles. The van der Waals surface area contributed by atoms with Gasteiger partial charge >= 0.3 is 0 Å². The van der Waals surface area contributed by atoms with E-state index >= 15 is 0 Å². The molecule has 1 N–H and O–H groups in total. The third kappa shape index (κ3) is 3.94. The van der Waals surface area contributed by atoms with Crippen molar-refractivity contribution in [2.75, 3.05) is 0 Å². The van der Waals surface area contributed by atoms with Crippen LogP contribution in [0.25, 0.3) is 5.69 Å². The second-order valence-corrected chi connectivity index (χ2v) is 6.19. The molecular formula is C23H19N3O2. The molecule has 0 fully saturated rings. The number of imidazole rings is 1. The lowest BCUT2D eigenvalue weighted by atomic mass is 10.1. The van der Waals surface area contributed by atoms with Gasteiger partial charge in [-0.2, -0.15) is 0 Å². The maximum Gasteiger partial charge on any atom is 0.255 e. The highest BCUT2D eigenvalue weighted by Gasteiger charge is 2.13. The minimum absolute atomic E-state index is 0.188. The van der Waals surface area contributed by atoms with Gasteiger partial charge in [-0.05, 0) is 35.9 Å². The molecule has 5 heteroatoms. The molecule has 1 amide bonds. The Morgan fingerprint density at radius 1 is 0.929 bits per heavy atom. The number of carbonyl (C=O) groups excluding carboxylic acids is 1. The van der Waals surface area contributed by atoms with E-state index in [4.69, 9.17) is 4.74 Å². The largest absolute Gasteiger partial charge is 0.457 e. The van der Waals surface area contributed by atoms with E-state index in [2.05, 4.69) is 10.3 Å². The molecule has 0 saturated carbocycles. The molecule has 0 aliphatic heterocycles. The maximum absolute atomic E-state index is 12.8. The lowest BCUT2D eigenvalue weighted by Gasteiger charge is -2.13. The van der Waals surface area contributed by atoms with Crippen molar-refractivity contribution in [2.24, 2.45) is 0 Å². The van der Waals surface area contributed by atoms with Crippen LogP contribution in [0.15, 0.2) is 97.6 Å². The first-order chi connectivity index (χ1) is 13.8. The van der Waals surface area contributed by atoms with Gasteiger partial charge in [0.25, 0.3) is 5.91 Å². The first-order valence-electron chi connectivity index (χ1n) is 8.97. The minimum atomic E-state index is -0.188. The molecule has 0 aliphatic rings. The van der Waals surface area contributed by atoms with Crippen molar-refractivity contribution in [3.8, 4) is 17.2 Å². The summed E-state index contributed by atoms with van der Waals surface area (Å²) in [5.74, 6) is 1.02. The summed E-state index contributed by atoms with van der Waals surface area (Å²) in [6, 6.07) is 24.5. The fourth-order valence-corrected chi connectivity index (χ4v) is 2.94. The van der Waals surface area contributed by atoms with Crippen LogP contribution in [0.2, 0.25) is 0 Å². The molecule has 0 spiro atoms. The summed E-state index contributed by atoms with van der Waals surface area (Å²) in [7, 11) is 0. The first-order valence-corrected chi connectivity index (χ1v) is 8.97. The van der Waals surface area contributed by atoms with Gasteiger partial charge in [0, 0.05) is 18.9 Å². The van der Waals surface area contributed by atoms with Gasteiger partial charge in [-0.3, -0.25) is 4.79 Å². The van der Waals surface area contributed by atoms with Crippen LogP contribution in [0.1, 0.15) is 15.9 Å². The molecule has 3 aromatic carbocycles. The summed E-state index contributed by atoms with van der Waals surface area (Å²) in [5.41, 5.74) is 2.47. The lowest BCUT2D eigenvalue weighted by Crippen LogP contribution is -2.24. The molecule has 5 nitrogen and oxygen atoms in total. The van der Waals surface area contributed by atoms with Crippen molar-refractivity contribution in [2.45, 2.75) is 6.54 Å². The molecule has 0 unspecified atom stereocenters. The average molecular weight is 369 g/mol. The molecule has 4 aromatic rings. The number of rotatable bonds is 6. The molecule has 1 aromatic heterocycles. The standard InChI is InChI=1S/C23H19N3O2/c27-23(20-11-5-7-13-22(20)28-19-9-2-1-3-10-19)25-16-18-8-4-6-12-21(18)26-15-14-24-17-26/h1-15,17H,16H2,(H,25,27). The summed E-state index contributed by atoms with van der Waals surface area (Å²) in [4.78, 5) is 16.9. The molecule has 138 valence electrons. The highest BCUT2D eigenvalue weighted by atomic mass is 16.5. The van der Waals surface area contributed by atoms with Crippen LogP contribution in [0.5, 0.6) is 11.5 Å². The Hall–Kier alpha value is -3.86. The zero-order chi connectivity index (χ0) is 19.2. The summed E-state index contributed by atoms with van der Waals surface area (Å²) in [6.07, 6.45) is 5.35. The van der Waals surface area contributed by atoms with Crippen molar-refractivity contribution in [1.82, 2.24) is 14.9 Å². The number of aromatic nitrogens is 2. The molecular weight excluding hydrogens is 350 g/mol. The number of amides is 1. The highest BCUT2D eigenvalue weighted by Crippen LogP contribution is 2.25. The van der Waals surface area contributed by atoms with E-state index in [-0.39, 0.29) is 5.91 Å². The van der Waals surface area contributed by atoms with Crippen molar-refractivity contribution >= 4 is 5.91 Å². The number of para-hydroxylation sites is 3. The Morgan fingerprint density at radius 2 is 1.68 bits per heavy atom. The number of carbonyl (C=O) groups is 1. The zero-order valence-corrected chi connectivity index (χ0v) is 15.2. The molecule has 0 bridgehead atoms. The van der Waals surface area contributed by atoms with Crippen molar-refractivity contribution in [3.63, 3.8) is 0 Å². The van der Waals surface area contributed by atoms with Gasteiger partial charge in [0.15, 0.2) is 0 Å². The van der Waals surface area contributed by atoms with Crippen LogP contribution in [0.4, 0.5) is 0 Å². The topological polar surface area (TPSA) is 56.2 Å². The van der Waals surface area contributed by atoms with Gasteiger partial charge in [-0.15, -0.1) is 0 Å². The number of nitrogens with one attached hydrogen (secondary N) is 1. The van der Waals surface area contributed by atoms with Gasteiger partial charge in [-0.1, -0.05) is 48.5 Å². The summed E-state index contributed by atoms with van der Waals surface area (Å²) in [5, 5.41) is 2.99. The van der Waals surface area contributed by atoms with Gasteiger partial charge in [0.05, 0.1) is 17.6 Å². The van der Waals surface area contributed by atoms with Crippen LogP contribution in [-0.2, 0) is 6.54 Å². The van der Waals surface area contributed by atoms with Crippen LogP contribution < -0.4 is 10.1 Å². The fraction of sp³-hybridized carbons (Fsp3) is 0.0435. The van der Waals surface area contributed by atoms with E-state index in [0.717, 1.165) is 11.3 Å². The normalized spacial score (nSPS) is 10.4. The number of hydrogen-bond acceptors (Lipinski definition) is 3. The first kappa shape index (κ1) is 17.5. The monoisotopic (exact) mass is 369 g/mol. The van der Waals surface area contributed by atoms with Crippen LogP contribution in [0.3, 0.4) is 0 Å². The highest BCUT2D eigenvalue weighted by molar-refractivity contribution is 5.97. The van der Waals surface area contributed by atoms with E-state index in [1.807, 2.05) is 77.5 Å². The second-order valence-electron chi connectivity index (χ2n) is 6.19. The fourth-order valence-electron chi connectivity index (χ4n) is 2.94. The van der Waals surface area contributed by atoms with Crippen LogP contribution in [-0.4, -0.2) is 15.5 Å². The predicted molar refractivity (Wildman–Crippen MR) is 108 cm³/mol. The summed E-state index contributed by atoms with van der Waals surface area (Å²) >= 11 is 0. The van der Waals surface area contributed by atoms with Gasteiger partial charge in [0.2, 0.25) is 0 Å². The SMILES string of the molecule is O=C(NCc1ccccc1-n1ccnc1)c1ccccc1Oc1ccccc1. The summed E-state index contributed by atoms with van der Waals surface area (Å²) in [6.45, 7) is 0.396. The van der Waals surface area contributed by atoms with Gasteiger partial charge in [-0.25, -0.2) is 4.98 Å². The van der Waals surface area contributed by atoms with Crippen LogP contribution in [0, 0.1) is 0 Å². The Labute approximate surface area is 163 Å². The Kier molecular flexibility index (Phi) is 5.15. The number of hydrogen-bond donors (Lipinski definition) is 1. The molecule has 0 radical (unpaired) electrons. The summed E-state index contributed by atoms with van der Waals surface area (Å²) < 4.78 is 7.82. The average Bonchev–Trinajstić information content (AvgIpc) is 3.28. The second kappa shape index (κ2) is 8.22. The maximum atomic E-state index is 12.8. The van der Waals surface area contributed by atoms with E-state index in [0.29, 0.717) is 23.6 Å². The predicted octanol–water partition coefficient (Wildman–Crippen LogP) is 4.59. The van der Waals surface area contributed by atoms with Crippen molar-refractivity contribution in [3.05, 3.63) is 109 Å². The quantitative estimate of drug-likeness (QED) is 0.541. The van der Waals surface area contributed by atoms with E-state index in [1.165, 1.54) is 0 Å². The van der Waals surface area contributed by atoms with Gasteiger partial charge in [0.1, 0.15) is 11.5 Å². The molecule has 0 aliphatic carbocycles. The smallest absolute Gasteiger partial charge is 0.255 e. The van der Waals surface area contributed by atoms with Crippen molar-refractivity contribution in [1.29, 1.82) is 0 Å². The van der Waals surface area contributed by atoms with E-state index in [9.17, 15) is 4.79 Å². The van der Waals surface area contributed by atoms with Crippen LogP contribution >= 0.6 is 0 Å². The minimum Gasteiger partial charge on any atom is -0.457 e. The molecule has 28 heavy (non-hydrogen) atoms. The van der Waals surface area contributed by atoms with Crippen molar-refractivity contribution < 1.29 is 9.53 Å². The Bertz CT molecular complexity index is 1060. The number of benzene rings is 3. The Balaban J connectivity index is 1.51. The Morgan fingerprint density at radius 3 is 2.50 bits per heavy atom. The molecule has 0 atom stereocenters. The lowest BCUT2D eigenvalue weighted by molar-refractivity contribution is 0.0948. The molecule has 1 heterocycles. The van der Waals surface area contributed by atoms with Gasteiger partial charge < -0.3 is 14.6 Å². The third-order valence-electron chi connectivity index (χ3n) is 4.32. The van der Waals surface area contributed by atoms with E-state index < -0.39 is 0 Å². The number of nitrogens with zero attached hydrogens (tertiary/aromatic N) is 2. The van der Waals surface area contributed by atoms with E-state index in [1.54, 1.807) is 24.7 Å². The molecule has 4 rings (SSSR count). The zero-order valence-electron chi connectivity index (χ0n) is 15.2. The third-order valence-corrected chi connectivity index (χ3v) is 4.32. The number of ether oxygens (including phenoxy) is 1.